The number of nitrogens with zero attached hydrogens (tertiary/aromatic N) is 2. The molecule has 0 atom stereocenters. The third-order valence-corrected chi connectivity index (χ3v) is 4.80. The molecular formula is C15H19N3O2S. The molecule has 0 aliphatic heterocycles. The van der Waals surface area contributed by atoms with Gasteiger partial charge in [-0.3, -0.25) is 0 Å². The lowest BCUT2D eigenvalue weighted by Gasteiger charge is -2.08. The monoisotopic (exact) mass is 305 g/mol. The molecule has 1 aliphatic carbocycles. The largest absolute Gasteiger partial charge is 0.330 e. The third kappa shape index (κ3) is 3.51. The number of hydrogen-bond donors (Lipinski definition) is 1. The Morgan fingerprint density at radius 3 is 2.57 bits per heavy atom. The van der Waals surface area contributed by atoms with Gasteiger partial charge in [0.15, 0.2) is 9.84 Å². The van der Waals surface area contributed by atoms with Crippen molar-refractivity contribution in [2.45, 2.75) is 36.9 Å². The summed E-state index contributed by atoms with van der Waals surface area (Å²) >= 11 is 0. The maximum Gasteiger partial charge on any atom is 0.175 e. The second-order valence-electron chi connectivity index (χ2n) is 5.54. The van der Waals surface area contributed by atoms with Crippen LogP contribution in [0.5, 0.6) is 0 Å². The number of imidazole rings is 1. The second-order valence-corrected chi connectivity index (χ2v) is 7.56. The van der Waals surface area contributed by atoms with Crippen LogP contribution in [0.1, 0.15) is 30.1 Å². The standard InChI is InChI=1S/C15H19N3O2S/c1-21(19,20)15-6-2-12(3-7-15)8-16-9-14-10-17-11-18(14)13-4-5-13/h2-3,6-7,10-11,13,16H,4-5,8-9H2,1H3. The first-order chi connectivity index (χ1) is 10.0. The van der Waals surface area contributed by atoms with Crippen LogP contribution in [0.4, 0.5) is 0 Å². The highest BCUT2D eigenvalue weighted by Gasteiger charge is 2.24. The molecule has 1 aliphatic rings. The van der Waals surface area contributed by atoms with E-state index in [-0.39, 0.29) is 0 Å². The molecule has 1 aromatic carbocycles. The highest BCUT2D eigenvalue weighted by atomic mass is 32.2. The smallest absolute Gasteiger partial charge is 0.175 e. The van der Waals surface area contributed by atoms with Gasteiger partial charge in [0.2, 0.25) is 0 Å². The van der Waals surface area contributed by atoms with Gasteiger partial charge in [-0.25, -0.2) is 13.4 Å². The summed E-state index contributed by atoms with van der Waals surface area (Å²) in [6.45, 7) is 1.48. The Kier molecular flexibility index (Phi) is 3.82. The number of nitrogens with one attached hydrogen (secondary N) is 1. The predicted octanol–water partition coefficient (Wildman–Crippen LogP) is 1.91. The number of hydrogen-bond acceptors (Lipinski definition) is 4. The van der Waals surface area contributed by atoms with E-state index in [0.29, 0.717) is 17.5 Å². The zero-order valence-electron chi connectivity index (χ0n) is 12.0. The average Bonchev–Trinajstić information content (AvgIpc) is 3.18. The molecule has 112 valence electrons. The van der Waals surface area contributed by atoms with Crippen molar-refractivity contribution in [1.29, 1.82) is 0 Å². The maximum absolute atomic E-state index is 11.4. The normalized spacial score (nSPS) is 15.3. The predicted molar refractivity (Wildman–Crippen MR) is 80.6 cm³/mol. The lowest BCUT2D eigenvalue weighted by Crippen LogP contribution is -2.15. The Bertz CT molecular complexity index is 716. The molecule has 5 nitrogen and oxygen atoms in total. The minimum atomic E-state index is -3.12. The van der Waals surface area contributed by atoms with Crippen molar-refractivity contribution in [1.82, 2.24) is 14.9 Å². The van der Waals surface area contributed by atoms with Crippen LogP contribution in [0.3, 0.4) is 0 Å². The number of aromatic nitrogens is 2. The van der Waals surface area contributed by atoms with Gasteiger partial charge in [0, 0.05) is 31.6 Å². The summed E-state index contributed by atoms with van der Waals surface area (Å²) in [4.78, 5) is 4.56. The van der Waals surface area contributed by atoms with Crippen molar-refractivity contribution in [2.24, 2.45) is 0 Å². The van der Waals surface area contributed by atoms with Crippen molar-refractivity contribution in [3.63, 3.8) is 0 Å². The number of rotatable bonds is 6. The van der Waals surface area contributed by atoms with Gasteiger partial charge in [0.1, 0.15) is 0 Å². The highest BCUT2D eigenvalue weighted by molar-refractivity contribution is 7.90. The van der Waals surface area contributed by atoms with Crippen LogP contribution in [-0.4, -0.2) is 24.2 Å². The van der Waals surface area contributed by atoms with Crippen LogP contribution in [0.15, 0.2) is 41.7 Å². The molecule has 0 unspecified atom stereocenters. The molecule has 2 aromatic rings. The molecule has 1 heterocycles. The van der Waals surface area contributed by atoms with Crippen LogP contribution < -0.4 is 5.32 Å². The van der Waals surface area contributed by atoms with Gasteiger partial charge in [-0.05, 0) is 30.5 Å². The van der Waals surface area contributed by atoms with Crippen LogP contribution in [-0.2, 0) is 22.9 Å². The molecule has 3 rings (SSSR count). The van der Waals surface area contributed by atoms with Gasteiger partial charge in [-0.15, -0.1) is 0 Å². The lowest BCUT2D eigenvalue weighted by atomic mass is 10.2. The van der Waals surface area contributed by atoms with Gasteiger partial charge in [-0.2, -0.15) is 0 Å². The number of sulfone groups is 1. The molecule has 6 heteroatoms. The Hall–Kier alpha value is -1.66. The van der Waals surface area contributed by atoms with E-state index in [9.17, 15) is 8.42 Å². The van der Waals surface area contributed by atoms with Gasteiger partial charge >= 0.3 is 0 Å². The van der Waals surface area contributed by atoms with E-state index in [1.807, 2.05) is 24.7 Å². The van der Waals surface area contributed by atoms with E-state index in [4.69, 9.17) is 0 Å². The zero-order chi connectivity index (χ0) is 14.9. The molecule has 0 radical (unpaired) electrons. The SMILES string of the molecule is CS(=O)(=O)c1ccc(CNCc2cncn2C2CC2)cc1. The fourth-order valence-corrected chi connectivity index (χ4v) is 2.97. The van der Waals surface area contributed by atoms with Crippen molar-refractivity contribution >= 4 is 9.84 Å². The first kappa shape index (κ1) is 14.3. The van der Waals surface area contributed by atoms with E-state index in [1.54, 1.807) is 12.1 Å². The van der Waals surface area contributed by atoms with E-state index < -0.39 is 9.84 Å². The van der Waals surface area contributed by atoms with Crippen LogP contribution in [0, 0.1) is 0 Å². The second kappa shape index (κ2) is 5.61. The third-order valence-electron chi connectivity index (χ3n) is 3.67. The Balaban J connectivity index is 1.56. The number of benzene rings is 1. The summed E-state index contributed by atoms with van der Waals surface area (Å²) in [6.07, 6.45) is 7.51. The van der Waals surface area contributed by atoms with Gasteiger partial charge in [0.05, 0.1) is 16.9 Å². The topological polar surface area (TPSA) is 64.0 Å². The molecular weight excluding hydrogens is 286 g/mol. The summed E-state index contributed by atoms with van der Waals surface area (Å²) in [5.74, 6) is 0. The maximum atomic E-state index is 11.4. The first-order valence-electron chi connectivity index (χ1n) is 7.04. The van der Waals surface area contributed by atoms with Gasteiger partial charge in [0.25, 0.3) is 0 Å². The minimum absolute atomic E-state index is 0.359. The summed E-state index contributed by atoms with van der Waals surface area (Å²) < 4.78 is 25.0. The zero-order valence-corrected chi connectivity index (χ0v) is 12.8. The highest BCUT2D eigenvalue weighted by Crippen LogP contribution is 2.35. The van der Waals surface area contributed by atoms with E-state index in [1.165, 1.54) is 24.8 Å². The van der Waals surface area contributed by atoms with Gasteiger partial charge < -0.3 is 9.88 Å². The molecule has 1 N–H and O–H groups in total. The Morgan fingerprint density at radius 1 is 1.24 bits per heavy atom. The van der Waals surface area contributed by atoms with Crippen molar-refractivity contribution in [2.75, 3.05) is 6.26 Å². The molecule has 1 aromatic heterocycles. The van der Waals surface area contributed by atoms with Crippen LogP contribution in [0.2, 0.25) is 0 Å². The molecule has 1 saturated carbocycles. The summed E-state index contributed by atoms with van der Waals surface area (Å²) in [6, 6.07) is 7.64. The van der Waals surface area contributed by atoms with E-state index >= 15 is 0 Å². The molecule has 0 amide bonds. The van der Waals surface area contributed by atoms with E-state index in [2.05, 4.69) is 14.9 Å². The summed E-state index contributed by atoms with van der Waals surface area (Å²) in [7, 11) is -3.12. The molecule has 1 fully saturated rings. The molecule has 0 spiro atoms. The Labute approximate surface area is 124 Å². The van der Waals surface area contributed by atoms with Crippen molar-refractivity contribution in [3.05, 3.63) is 48.0 Å². The van der Waals surface area contributed by atoms with Gasteiger partial charge in [-0.1, -0.05) is 12.1 Å². The fraction of sp³-hybridized carbons (Fsp3) is 0.400. The Morgan fingerprint density at radius 2 is 1.95 bits per heavy atom. The van der Waals surface area contributed by atoms with E-state index in [0.717, 1.165) is 12.1 Å². The molecule has 21 heavy (non-hydrogen) atoms. The molecule has 0 bridgehead atoms. The summed E-state index contributed by atoms with van der Waals surface area (Å²) in [5.41, 5.74) is 2.27. The van der Waals surface area contributed by atoms with Crippen LogP contribution in [0.25, 0.3) is 0 Å². The fourth-order valence-electron chi connectivity index (χ4n) is 2.34. The van der Waals surface area contributed by atoms with Crippen molar-refractivity contribution in [3.8, 4) is 0 Å². The summed E-state index contributed by atoms with van der Waals surface area (Å²) in [5, 5.41) is 3.38. The quantitative estimate of drug-likeness (QED) is 0.885. The molecule has 0 saturated heterocycles. The van der Waals surface area contributed by atoms with Crippen LogP contribution >= 0.6 is 0 Å². The lowest BCUT2D eigenvalue weighted by molar-refractivity contribution is 0.601. The first-order valence-corrected chi connectivity index (χ1v) is 8.93. The average molecular weight is 305 g/mol. The van der Waals surface area contributed by atoms with Crippen molar-refractivity contribution < 1.29 is 8.42 Å². The minimum Gasteiger partial charge on any atom is -0.330 e.